The molecule has 1 heterocycles. The Bertz CT molecular complexity index is 574. The van der Waals surface area contributed by atoms with Crippen LogP contribution >= 0.6 is 23.5 Å². The average molecular weight is 320 g/mol. The van der Waals surface area contributed by atoms with Crippen molar-refractivity contribution >= 4 is 36.1 Å². The largest absolute Gasteiger partial charge is 0.489 e. The molecule has 0 amide bonds. The van der Waals surface area contributed by atoms with Crippen molar-refractivity contribution in [2.24, 2.45) is 0 Å². The predicted octanol–water partition coefficient (Wildman–Crippen LogP) is 4.03. The molecule has 2 aromatic carbocycles. The Labute approximate surface area is 136 Å². The molecule has 112 valence electrons. The highest BCUT2D eigenvalue weighted by Crippen LogP contribution is 2.47. The van der Waals surface area contributed by atoms with Gasteiger partial charge in [-0.15, -0.1) is 0 Å². The molecule has 5 heteroatoms. The molecule has 21 heavy (non-hydrogen) atoms. The van der Waals surface area contributed by atoms with Gasteiger partial charge in [0.25, 0.3) is 0 Å². The molecule has 2 N–H and O–H groups in total. The Morgan fingerprint density at radius 3 is 1.81 bits per heavy atom. The van der Waals surface area contributed by atoms with E-state index in [1.54, 1.807) is 29.6 Å². The van der Waals surface area contributed by atoms with Crippen molar-refractivity contribution in [1.29, 1.82) is 0 Å². The number of hydrogen-bond acceptors (Lipinski definition) is 4. The smallest absolute Gasteiger partial charge is 0.423 e. The van der Waals surface area contributed by atoms with Crippen LogP contribution in [-0.4, -0.2) is 17.2 Å². The predicted molar refractivity (Wildman–Crippen MR) is 93.7 cm³/mol. The third-order valence-electron chi connectivity index (χ3n) is 2.57. The van der Waals surface area contributed by atoms with Gasteiger partial charge in [-0.05, 0) is 23.7 Å². The van der Waals surface area contributed by atoms with Gasteiger partial charge in [0.05, 0.1) is 0 Å². The Hall–Kier alpha value is -0.875. The first-order valence-electron chi connectivity index (χ1n) is 7.19. The molecular weight excluding hydrogens is 299 g/mol. The third-order valence-corrected chi connectivity index (χ3v) is 5.20. The first-order valence-corrected chi connectivity index (χ1v) is 8.83. The molecular formula is C16H21BO2S2. The van der Waals surface area contributed by atoms with E-state index in [2.05, 4.69) is 12.1 Å². The zero-order chi connectivity index (χ0) is 15.8. The Kier molecular flexibility index (Phi) is 7.97. The van der Waals surface area contributed by atoms with E-state index in [-0.39, 0.29) is 0 Å². The molecule has 0 spiro atoms. The molecule has 0 aromatic heterocycles. The van der Waals surface area contributed by atoms with Crippen molar-refractivity contribution in [3.05, 3.63) is 42.5 Å². The van der Waals surface area contributed by atoms with Crippen LogP contribution in [0.15, 0.2) is 62.0 Å². The quantitative estimate of drug-likeness (QED) is 0.664. The number of rotatable bonds is 1. The van der Waals surface area contributed by atoms with Crippen molar-refractivity contribution in [1.82, 2.24) is 0 Å². The van der Waals surface area contributed by atoms with Gasteiger partial charge in [-0.1, -0.05) is 75.5 Å². The molecule has 0 atom stereocenters. The summed E-state index contributed by atoms with van der Waals surface area (Å²) in [5.74, 6) is 0. The first kappa shape index (κ1) is 18.2. The molecule has 0 fully saturated rings. The normalized spacial score (nSPS) is 11.0. The second-order valence-corrected chi connectivity index (χ2v) is 5.84. The van der Waals surface area contributed by atoms with E-state index in [0.717, 1.165) is 14.7 Å². The number of hydrogen-bond donors (Lipinski definition) is 2. The maximum Gasteiger partial charge on any atom is 0.489 e. The summed E-state index contributed by atoms with van der Waals surface area (Å²) in [6, 6.07) is 13.8. The second-order valence-electron chi connectivity index (χ2n) is 3.70. The van der Waals surface area contributed by atoms with Crippen LogP contribution in [0.2, 0.25) is 0 Å². The zero-order valence-electron chi connectivity index (χ0n) is 12.8. The minimum Gasteiger partial charge on any atom is -0.423 e. The maximum absolute atomic E-state index is 9.36. The highest BCUT2D eigenvalue weighted by Gasteiger charge is 2.23. The molecule has 0 bridgehead atoms. The van der Waals surface area contributed by atoms with E-state index in [0.29, 0.717) is 5.46 Å². The number of benzene rings is 2. The zero-order valence-corrected chi connectivity index (χ0v) is 14.5. The lowest BCUT2D eigenvalue weighted by Crippen LogP contribution is -2.32. The summed E-state index contributed by atoms with van der Waals surface area (Å²) in [7, 11) is -1.41. The fourth-order valence-electron chi connectivity index (χ4n) is 1.77. The Morgan fingerprint density at radius 2 is 1.24 bits per heavy atom. The maximum atomic E-state index is 9.36. The van der Waals surface area contributed by atoms with Crippen molar-refractivity contribution in [3.8, 4) is 0 Å². The minimum absolute atomic E-state index is 0.578. The van der Waals surface area contributed by atoms with Gasteiger partial charge in [-0.25, -0.2) is 0 Å². The minimum atomic E-state index is -1.41. The first-order chi connectivity index (χ1) is 10.3. The number of fused-ring (bicyclic) bond motifs is 2. The molecule has 1 aliphatic rings. The van der Waals surface area contributed by atoms with Gasteiger partial charge in [-0.2, -0.15) is 0 Å². The van der Waals surface area contributed by atoms with Crippen LogP contribution in [0.4, 0.5) is 0 Å². The van der Waals surface area contributed by atoms with E-state index in [1.807, 2.05) is 52.0 Å². The van der Waals surface area contributed by atoms with E-state index in [1.165, 1.54) is 4.90 Å². The van der Waals surface area contributed by atoms with Gasteiger partial charge in [-0.3, -0.25) is 0 Å². The summed E-state index contributed by atoms with van der Waals surface area (Å²) in [5, 5.41) is 18.7. The van der Waals surface area contributed by atoms with Crippen LogP contribution in [0, 0.1) is 0 Å². The van der Waals surface area contributed by atoms with Gasteiger partial charge in [0.1, 0.15) is 0 Å². The summed E-state index contributed by atoms with van der Waals surface area (Å²) in [6.07, 6.45) is 0. The highest BCUT2D eigenvalue weighted by atomic mass is 32.2. The summed E-state index contributed by atoms with van der Waals surface area (Å²) in [6.45, 7) is 8.00. The van der Waals surface area contributed by atoms with Crippen LogP contribution < -0.4 is 5.46 Å². The molecule has 2 aromatic rings. The van der Waals surface area contributed by atoms with Gasteiger partial charge >= 0.3 is 7.12 Å². The molecule has 0 saturated carbocycles. The highest BCUT2D eigenvalue weighted by molar-refractivity contribution is 8.05. The average Bonchev–Trinajstić information content (AvgIpc) is 2.56. The van der Waals surface area contributed by atoms with Crippen LogP contribution in [0.25, 0.3) is 0 Å². The summed E-state index contributed by atoms with van der Waals surface area (Å²) >= 11 is 3.27. The van der Waals surface area contributed by atoms with Crippen LogP contribution in [-0.2, 0) is 0 Å². The van der Waals surface area contributed by atoms with Gasteiger partial charge < -0.3 is 10.0 Å². The fourth-order valence-corrected chi connectivity index (χ4v) is 4.18. The van der Waals surface area contributed by atoms with E-state index >= 15 is 0 Å². The molecule has 3 rings (SSSR count). The third kappa shape index (κ3) is 4.30. The summed E-state index contributed by atoms with van der Waals surface area (Å²) in [4.78, 5) is 4.41. The van der Waals surface area contributed by atoms with Crippen LogP contribution in [0.1, 0.15) is 27.7 Å². The van der Waals surface area contributed by atoms with Crippen molar-refractivity contribution in [2.45, 2.75) is 47.3 Å². The Morgan fingerprint density at radius 1 is 0.714 bits per heavy atom. The standard InChI is InChI=1S/C12H9BO2S2.2C2H6/c14-13(15)8-4-3-7-11-12(8)17-10-6-2-1-5-9(10)16-11;2*1-2/h1-7,14-15H;2*1-2H3. The molecule has 0 saturated heterocycles. The molecule has 2 nitrogen and oxygen atoms in total. The lowest BCUT2D eigenvalue weighted by atomic mass is 9.80. The molecule has 0 aliphatic carbocycles. The van der Waals surface area contributed by atoms with Gasteiger partial charge in [0, 0.05) is 19.6 Å². The fraction of sp³-hybridized carbons (Fsp3) is 0.250. The lowest BCUT2D eigenvalue weighted by Gasteiger charge is -2.20. The molecule has 1 aliphatic heterocycles. The van der Waals surface area contributed by atoms with Crippen LogP contribution in [0.3, 0.4) is 0 Å². The van der Waals surface area contributed by atoms with Crippen molar-refractivity contribution in [2.75, 3.05) is 0 Å². The molecule has 0 unspecified atom stereocenters. The van der Waals surface area contributed by atoms with Gasteiger partial charge in [0.2, 0.25) is 0 Å². The van der Waals surface area contributed by atoms with E-state index < -0.39 is 7.12 Å². The lowest BCUT2D eigenvalue weighted by molar-refractivity contribution is 0.424. The van der Waals surface area contributed by atoms with Crippen molar-refractivity contribution in [3.63, 3.8) is 0 Å². The Balaban J connectivity index is 0.000000510. The SMILES string of the molecule is CC.CC.OB(O)c1cccc2c1Sc1ccccc1S2. The summed E-state index contributed by atoms with van der Waals surface area (Å²) in [5.41, 5.74) is 0.578. The van der Waals surface area contributed by atoms with E-state index in [9.17, 15) is 10.0 Å². The van der Waals surface area contributed by atoms with E-state index in [4.69, 9.17) is 0 Å². The topological polar surface area (TPSA) is 40.5 Å². The molecule has 0 radical (unpaired) electrons. The van der Waals surface area contributed by atoms with Gasteiger partial charge in [0.15, 0.2) is 0 Å². The second kappa shape index (κ2) is 9.21. The van der Waals surface area contributed by atoms with Crippen LogP contribution in [0.5, 0.6) is 0 Å². The van der Waals surface area contributed by atoms with Crippen molar-refractivity contribution < 1.29 is 10.0 Å². The summed E-state index contributed by atoms with van der Waals surface area (Å²) < 4.78 is 0. The monoisotopic (exact) mass is 320 g/mol.